The SMILES string of the molecule is CC(=O)[C@@]1(C)CCC2=C([C@@H]1C)C(C)(C)CCC2. The van der Waals surface area contributed by atoms with Crippen LogP contribution in [0, 0.1) is 16.7 Å². The predicted molar refractivity (Wildman–Crippen MR) is 71.8 cm³/mol. The smallest absolute Gasteiger partial charge is 0.136 e. The van der Waals surface area contributed by atoms with Gasteiger partial charge in [0.15, 0.2) is 0 Å². The molecule has 0 fully saturated rings. The Hall–Kier alpha value is -0.590. The third-order valence-electron chi connectivity index (χ3n) is 5.53. The molecule has 0 saturated carbocycles. The lowest BCUT2D eigenvalue weighted by Crippen LogP contribution is -2.42. The molecule has 0 spiro atoms. The molecular weight excluding hydrogens is 208 g/mol. The van der Waals surface area contributed by atoms with Gasteiger partial charge in [0.1, 0.15) is 5.78 Å². The molecule has 0 radical (unpaired) electrons. The summed E-state index contributed by atoms with van der Waals surface area (Å²) in [4.78, 5) is 12.0. The van der Waals surface area contributed by atoms with Crippen LogP contribution in [0.1, 0.15) is 66.7 Å². The van der Waals surface area contributed by atoms with Crippen LogP contribution in [0.25, 0.3) is 0 Å². The molecule has 0 unspecified atom stereocenters. The molecule has 0 bridgehead atoms. The van der Waals surface area contributed by atoms with Crippen LogP contribution in [0.4, 0.5) is 0 Å². The van der Waals surface area contributed by atoms with Gasteiger partial charge in [-0.15, -0.1) is 0 Å². The Morgan fingerprint density at radius 3 is 2.41 bits per heavy atom. The Bertz CT molecular complexity index is 375. The molecule has 0 aliphatic heterocycles. The van der Waals surface area contributed by atoms with E-state index in [2.05, 4.69) is 27.7 Å². The molecule has 0 N–H and O–H groups in total. The normalized spacial score (nSPS) is 36.6. The molecule has 0 heterocycles. The molecule has 2 aliphatic carbocycles. The number of hydrogen-bond donors (Lipinski definition) is 0. The van der Waals surface area contributed by atoms with Gasteiger partial charge in [-0.3, -0.25) is 4.79 Å². The van der Waals surface area contributed by atoms with Crippen molar-refractivity contribution in [2.75, 3.05) is 0 Å². The van der Waals surface area contributed by atoms with Crippen LogP contribution < -0.4 is 0 Å². The van der Waals surface area contributed by atoms with Crippen molar-refractivity contribution in [2.24, 2.45) is 16.7 Å². The quantitative estimate of drug-likeness (QED) is 0.610. The molecule has 2 rings (SSSR count). The maximum Gasteiger partial charge on any atom is 0.136 e. The lowest BCUT2D eigenvalue weighted by Gasteiger charge is -2.48. The van der Waals surface area contributed by atoms with Crippen molar-refractivity contribution in [3.05, 3.63) is 11.1 Å². The van der Waals surface area contributed by atoms with Gasteiger partial charge in [0.25, 0.3) is 0 Å². The van der Waals surface area contributed by atoms with E-state index in [1.54, 1.807) is 18.1 Å². The highest BCUT2D eigenvalue weighted by molar-refractivity contribution is 5.83. The summed E-state index contributed by atoms with van der Waals surface area (Å²) in [7, 11) is 0. The summed E-state index contributed by atoms with van der Waals surface area (Å²) in [6.07, 6.45) is 6.09. The molecule has 0 amide bonds. The number of allylic oxidation sites excluding steroid dienone is 2. The van der Waals surface area contributed by atoms with E-state index in [0.29, 0.717) is 17.1 Å². The van der Waals surface area contributed by atoms with Gasteiger partial charge in [-0.2, -0.15) is 0 Å². The van der Waals surface area contributed by atoms with Crippen molar-refractivity contribution < 1.29 is 4.79 Å². The van der Waals surface area contributed by atoms with E-state index in [9.17, 15) is 4.79 Å². The minimum Gasteiger partial charge on any atom is -0.299 e. The molecule has 1 nitrogen and oxygen atoms in total. The maximum atomic E-state index is 12.0. The number of Topliss-reactive ketones (excluding diaryl/α,β-unsaturated/α-hetero) is 1. The molecular formula is C16H26O. The summed E-state index contributed by atoms with van der Waals surface area (Å²) in [5.74, 6) is 0.803. The van der Waals surface area contributed by atoms with E-state index in [-0.39, 0.29) is 5.41 Å². The zero-order chi connectivity index (χ0) is 12.8. The zero-order valence-corrected chi connectivity index (χ0v) is 12.0. The number of ketones is 1. The van der Waals surface area contributed by atoms with Crippen molar-refractivity contribution in [3.63, 3.8) is 0 Å². The molecule has 0 saturated heterocycles. The molecule has 17 heavy (non-hydrogen) atoms. The van der Waals surface area contributed by atoms with Gasteiger partial charge in [0, 0.05) is 5.41 Å². The third kappa shape index (κ3) is 1.88. The lowest BCUT2D eigenvalue weighted by molar-refractivity contribution is -0.128. The minimum absolute atomic E-state index is 0.118. The largest absolute Gasteiger partial charge is 0.299 e. The highest BCUT2D eigenvalue weighted by Crippen LogP contribution is 2.54. The standard InChI is InChI=1S/C16H26O/c1-11-14-13(7-6-9-15(14,3)4)8-10-16(11,5)12(2)17/h11H,6-10H2,1-5H3/t11-,16-/m0/s1. The van der Waals surface area contributed by atoms with Gasteiger partial charge in [-0.05, 0) is 50.4 Å². The average Bonchev–Trinajstić information content (AvgIpc) is 2.22. The third-order valence-corrected chi connectivity index (χ3v) is 5.53. The average molecular weight is 234 g/mol. The fourth-order valence-corrected chi connectivity index (χ4v) is 4.07. The van der Waals surface area contributed by atoms with Gasteiger partial charge in [0.2, 0.25) is 0 Å². The Morgan fingerprint density at radius 2 is 1.82 bits per heavy atom. The van der Waals surface area contributed by atoms with Crippen molar-refractivity contribution >= 4 is 5.78 Å². The fraction of sp³-hybridized carbons (Fsp3) is 0.812. The van der Waals surface area contributed by atoms with Crippen molar-refractivity contribution in [1.29, 1.82) is 0 Å². The number of carbonyl (C=O) groups is 1. The Kier molecular flexibility index (Phi) is 3.00. The van der Waals surface area contributed by atoms with Crippen LogP contribution >= 0.6 is 0 Å². The van der Waals surface area contributed by atoms with E-state index in [1.807, 2.05) is 0 Å². The second kappa shape index (κ2) is 3.96. The first-order valence-electron chi connectivity index (χ1n) is 7.02. The minimum atomic E-state index is -0.118. The van der Waals surface area contributed by atoms with Crippen molar-refractivity contribution in [3.8, 4) is 0 Å². The molecule has 2 atom stereocenters. The van der Waals surface area contributed by atoms with Crippen LogP contribution in [0.3, 0.4) is 0 Å². The van der Waals surface area contributed by atoms with Crippen molar-refractivity contribution in [1.82, 2.24) is 0 Å². The summed E-state index contributed by atoms with van der Waals surface area (Å²) in [5, 5.41) is 0. The van der Waals surface area contributed by atoms with Gasteiger partial charge in [-0.25, -0.2) is 0 Å². The van der Waals surface area contributed by atoms with E-state index in [1.165, 1.54) is 19.3 Å². The number of rotatable bonds is 1. The molecule has 96 valence electrons. The fourth-order valence-electron chi connectivity index (χ4n) is 4.07. The lowest BCUT2D eigenvalue weighted by atomic mass is 9.55. The van der Waals surface area contributed by atoms with Gasteiger partial charge in [0.05, 0.1) is 0 Å². The van der Waals surface area contributed by atoms with E-state index in [4.69, 9.17) is 0 Å². The van der Waals surface area contributed by atoms with Crippen molar-refractivity contribution in [2.45, 2.75) is 66.7 Å². The highest BCUT2D eigenvalue weighted by atomic mass is 16.1. The summed E-state index contributed by atoms with van der Waals surface area (Å²) < 4.78 is 0. The van der Waals surface area contributed by atoms with Crippen LogP contribution in [-0.4, -0.2) is 5.78 Å². The summed E-state index contributed by atoms with van der Waals surface area (Å²) in [5.41, 5.74) is 3.48. The number of carbonyl (C=O) groups excluding carboxylic acids is 1. The maximum absolute atomic E-state index is 12.0. The highest BCUT2D eigenvalue weighted by Gasteiger charge is 2.46. The first-order chi connectivity index (χ1) is 7.79. The molecule has 1 heteroatoms. The summed E-state index contributed by atoms with van der Waals surface area (Å²) in [6, 6.07) is 0. The first kappa shape index (κ1) is 12.9. The summed E-state index contributed by atoms with van der Waals surface area (Å²) in [6.45, 7) is 11.0. The molecule has 0 aromatic carbocycles. The second-order valence-electron chi connectivity index (χ2n) is 6.95. The summed E-state index contributed by atoms with van der Waals surface area (Å²) >= 11 is 0. The first-order valence-corrected chi connectivity index (χ1v) is 7.02. The van der Waals surface area contributed by atoms with E-state index >= 15 is 0 Å². The topological polar surface area (TPSA) is 17.1 Å². The van der Waals surface area contributed by atoms with E-state index < -0.39 is 0 Å². The number of hydrogen-bond acceptors (Lipinski definition) is 1. The van der Waals surface area contributed by atoms with Crippen LogP contribution in [-0.2, 0) is 4.79 Å². The molecule has 2 aliphatic rings. The Balaban J connectivity index is 2.45. The monoisotopic (exact) mass is 234 g/mol. The zero-order valence-electron chi connectivity index (χ0n) is 12.0. The van der Waals surface area contributed by atoms with Gasteiger partial charge in [-0.1, -0.05) is 38.8 Å². The second-order valence-corrected chi connectivity index (χ2v) is 6.95. The predicted octanol–water partition coefficient (Wildman–Crippen LogP) is 4.52. The van der Waals surface area contributed by atoms with E-state index in [0.717, 1.165) is 12.8 Å². The van der Waals surface area contributed by atoms with Crippen LogP contribution in [0.5, 0.6) is 0 Å². The molecule has 0 aromatic rings. The van der Waals surface area contributed by atoms with Crippen LogP contribution in [0.2, 0.25) is 0 Å². The Labute approximate surface area is 106 Å². The van der Waals surface area contributed by atoms with Gasteiger partial charge >= 0.3 is 0 Å². The molecule has 0 aromatic heterocycles. The Morgan fingerprint density at radius 1 is 1.18 bits per heavy atom. The van der Waals surface area contributed by atoms with Crippen LogP contribution in [0.15, 0.2) is 11.1 Å². The van der Waals surface area contributed by atoms with Gasteiger partial charge < -0.3 is 0 Å².